The van der Waals surface area contributed by atoms with E-state index in [9.17, 15) is 10.1 Å². The summed E-state index contributed by atoms with van der Waals surface area (Å²) in [6.07, 6.45) is 0. The van der Waals surface area contributed by atoms with Crippen molar-refractivity contribution in [2.75, 3.05) is 13.2 Å². The van der Waals surface area contributed by atoms with Gasteiger partial charge < -0.3 is 4.84 Å². The highest BCUT2D eigenvalue weighted by atomic mass is 17.1. The zero-order chi connectivity index (χ0) is 6.41. The van der Waals surface area contributed by atoms with Gasteiger partial charge in [-0.3, -0.25) is 5.26 Å². The molecule has 0 amide bonds. The molecule has 8 heavy (non-hydrogen) atoms. The van der Waals surface area contributed by atoms with Gasteiger partial charge in [0.05, 0.1) is 0 Å². The van der Waals surface area contributed by atoms with E-state index in [0.717, 1.165) is 0 Å². The number of hydrogen-bond donors (Lipinski definition) is 1. The first kappa shape index (κ1) is 7.12. The van der Waals surface area contributed by atoms with Crippen LogP contribution in [0, 0.1) is 10.1 Å². The highest BCUT2D eigenvalue weighted by Gasteiger charge is 1.91. The fraction of sp³-hybridized carbons (Fsp3) is 1.00. The Morgan fingerprint density at radius 1 is 1.62 bits per heavy atom. The smallest absolute Gasteiger partial charge is 0.294 e. The predicted octanol–water partition coefficient (Wildman–Crippen LogP) is -0.316. The maximum Gasteiger partial charge on any atom is 0.294 e. The van der Waals surface area contributed by atoms with E-state index in [1.165, 1.54) is 0 Å². The second kappa shape index (κ2) is 4.28. The van der Waals surface area contributed by atoms with Crippen LogP contribution in [0.4, 0.5) is 0 Å². The molecule has 0 spiro atoms. The SMILES string of the molecule is O=[N+]([O-])OCCOO. The summed E-state index contributed by atoms with van der Waals surface area (Å²) in [6, 6.07) is 0. The predicted molar refractivity (Wildman–Crippen MR) is 21.5 cm³/mol. The van der Waals surface area contributed by atoms with E-state index in [0.29, 0.717) is 0 Å². The van der Waals surface area contributed by atoms with Crippen LogP contribution >= 0.6 is 0 Å². The van der Waals surface area contributed by atoms with E-state index in [-0.39, 0.29) is 13.2 Å². The molecule has 0 unspecified atom stereocenters. The van der Waals surface area contributed by atoms with Crippen LogP contribution in [-0.2, 0) is 9.73 Å². The van der Waals surface area contributed by atoms with Gasteiger partial charge in [0.25, 0.3) is 5.09 Å². The summed E-state index contributed by atoms with van der Waals surface area (Å²) in [6.45, 7) is -0.440. The van der Waals surface area contributed by atoms with Gasteiger partial charge in [-0.05, 0) is 0 Å². The van der Waals surface area contributed by atoms with Crippen LogP contribution in [-0.4, -0.2) is 23.6 Å². The summed E-state index contributed by atoms with van der Waals surface area (Å²) in [5.74, 6) is 0. The standard InChI is InChI=1S/C2H5NO5/c4-3(5)7-1-2-8-6/h6H,1-2H2. The zero-order valence-corrected chi connectivity index (χ0v) is 3.94. The molecule has 0 bridgehead atoms. The van der Waals surface area contributed by atoms with Crippen LogP contribution in [0.2, 0.25) is 0 Å². The summed E-state index contributed by atoms with van der Waals surface area (Å²) in [5, 5.41) is 15.9. The molecule has 0 aliphatic carbocycles. The van der Waals surface area contributed by atoms with E-state index in [1.54, 1.807) is 0 Å². The maximum absolute atomic E-state index is 9.32. The van der Waals surface area contributed by atoms with Gasteiger partial charge in [0.2, 0.25) is 0 Å². The maximum atomic E-state index is 9.32. The molecule has 6 nitrogen and oxygen atoms in total. The third-order valence-electron chi connectivity index (χ3n) is 0.371. The summed E-state index contributed by atoms with van der Waals surface area (Å²) < 4.78 is 0. The first-order valence-corrected chi connectivity index (χ1v) is 1.81. The van der Waals surface area contributed by atoms with Crippen molar-refractivity contribution in [3.63, 3.8) is 0 Å². The molecule has 0 aromatic rings. The van der Waals surface area contributed by atoms with E-state index < -0.39 is 5.09 Å². The van der Waals surface area contributed by atoms with Crippen molar-refractivity contribution in [3.05, 3.63) is 10.1 Å². The van der Waals surface area contributed by atoms with Crippen LogP contribution in [0.25, 0.3) is 0 Å². The second-order valence-corrected chi connectivity index (χ2v) is 0.890. The van der Waals surface area contributed by atoms with E-state index in [1.807, 2.05) is 0 Å². The summed E-state index contributed by atoms with van der Waals surface area (Å²) in [4.78, 5) is 16.5. The Morgan fingerprint density at radius 2 is 2.25 bits per heavy atom. The quantitative estimate of drug-likeness (QED) is 0.240. The van der Waals surface area contributed by atoms with Crippen LogP contribution < -0.4 is 0 Å². The lowest BCUT2D eigenvalue weighted by atomic mass is 10.8. The molecule has 0 fully saturated rings. The van der Waals surface area contributed by atoms with Crippen molar-refractivity contribution in [1.29, 1.82) is 0 Å². The molecule has 0 aromatic heterocycles. The molecular formula is C2H5NO5. The first-order valence-electron chi connectivity index (χ1n) is 1.81. The molecular weight excluding hydrogens is 118 g/mol. The van der Waals surface area contributed by atoms with Gasteiger partial charge in [-0.1, -0.05) is 0 Å². The molecule has 48 valence electrons. The summed E-state index contributed by atoms with van der Waals surface area (Å²) >= 11 is 0. The van der Waals surface area contributed by atoms with Gasteiger partial charge >= 0.3 is 0 Å². The lowest BCUT2D eigenvalue weighted by Gasteiger charge is -1.92. The van der Waals surface area contributed by atoms with Crippen molar-refractivity contribution in [2.24, 2.45) is 0 Å². The molecule has 0 radical (unpaired) electrons. The highest BCUT2D eigenvalue weighted by Crippen LogP contribution is 1.73. The van der Waals surface area contributed by atoms with Gasteiger partial charge in [0, 0.05) is 0 Å². The molecule has 0 atom stereocenters. The Morgan fingerprint density at radius 3 is 2.62 bits per heavy atom. The molecule has 0 saturated carbocycles. The largest absolute Gasteiger partial charge is 0.311 e. The molecule has 0 heterocycles. The minimum Gasteiger partial charge on any atom is -0.311 e. The molecule has 0 rings (SSSR count). The van der Waals surface area contributed by atoms with Crippen molar-refractivity contribution < 1.29 is 20.1 Å². The lowest BCUT2D eigenvalue weighted by Crippen LogP contribution is -2.06. The van der Waals surface area contributed by atoms with Gasteiger partial charge in [0.1, 0.15) is 13.2 Å². The van der Waals surface area contributed by atoms with Crippen LogP contribution in [0.1, 0.15) is 0 Å². The molecule has 0 aliphatic heterocycles. The fourth-order valence-electron chi connectivity index (χ4n) is 0.149. The van der Waals surface area contributed by atoms with E-state index in [4.69, 9.17) is 5.26 Å². The van der Waals surface area contributed by atoms with Crippen molar-refractivity contribution in [1.82, 2.24) is 0 Å². The van der Waals surface area contributed by atoms with Gasteiger partial charge in [-0.2, -0.15) is 0 Å². The fourth-order valence-corrected chi connectivity index (χ4v) is 0.149. The Hall–Kier alpha value is -0.880. The van der Waals surface area contributed by atoms with Crippen molar-refractivity contribution in [2.45, 2.75) is 0 Å². The lowest BCUT2D eigenvalue weighted by molar-refractivity contribution is -0.758. The Labute approximate surface area is 44.7 Å². The average molecular weight is 123 g/mol. The van der Waals surface area contributed by atoms with Crippen molar-refractivity contribution >= 4 is 0 Å². The molecule has 0 saturated heterocycles. The first-order chi connectivity index (χ1) is 3.77. The average Bonchev–Trinajstić information content (AvgIpc) is 1.66. The normalized spacial score (nSPS) is 8.62. The van der Waals surface area contributed by atoms with Gasteiger partial charge in [-0.25, -0.2) is 4.89 Å². The minimum atomic E-state index is -0.959. The van der Waals surface area contributed by atoms with Crippen LogP contribution in [0.15, 0.2) is 0 Å². The minimum absolute atomic E-state index is 0.193. The second-order valence-electron chi connectivity index (χ2n) is 0.890. The summed E-state index contributed by atoms with van der Waals surface area (Å²) in [7, 11) is 0. The monoisotopic (exact) mass is 123 g/mol. The molecule has 0 aromatic carbocycles. The van der Waals surface area contributed by atoms with Crippen molar-refractivity contribution in [3.8, 4) is 0 Å². The van der Waals surface area contributed by atoms with Gasteiger partial charge in [0.15, 0.2) is 0 Å². The zero-order valence-electron chi connectivity index (χ0n) is 3.94. The Balaban J connectivity index is 2.82. The number of rotatable bonds is 4. The molecule has 6 heteroatoms. The van der Waals surface area contributed by atoms with Gasteiger partial charge in [-0.15, -0.1) is 10.1 Å². The Bertz CT molecular complexity index is 72.8. The number of nitrogens with zero attached hydrogens (tertiary/aromatic N) is 1. The van der Waals surface area contributed by atoms with E-state index >= 15 is 0 Å². The molecule has 0 aliphatic rings. The highest BCUT2D eigenvalue weighted by molar-refractivity contribution is 4.14. The third-order valence-corrected chi connectivity index (χ3v) is 0.371. The number of hydrogen-bond acceptors (Lipinski definition) is 5. The topological polar surface area (TPSA) is 81.8 Å². The Kier molecular flexibility index (Phi) is 3.81. The van der Waals surface area contributed by atoms with Crippen LogP contribution in [0.5, 0.6) is 0 Å². The van der Waals surface area contributed by atoms with Crippen LogP contribution in [0.3, 0.4) is 0 Å². The molecule has 1 N–H and O–H groups in total. The van der Waals surface area contributed by atoms with E-state index in [2.05, 4.69) is 9.73 Å². The third kappa shape index (κ3) is 5.12. The summed E-state index contributed by atoms with van der Waals surface area (Å²) in [5.41, 5.74) is 0.